The fraction of sp³-hybridized carbons (Fsp3) is 0.419. The number of rotatable bonds is 8. The first kappa shape index (κ1) is 27.6. The summed E-state index contributed by atoms with van der Waals surface area (Å²) in [6.45, 7) is 9.24. The maximum atomic E-state index is 13.6. The number of carbonyl (C=O) groups is 1. The number of benzene rings is 2. The molecular weight excluding hydrogens is 472 g/mol. The lowest BCUT2D eigenvalue weighted by atomic mass is 9.94. The van der Waals surface area contributed by atoms with Gasteiger partial charge in [-0.3, -0.25) is 4.79 Å². The number of anilines is 2. The molecule has 1 aliphatic heterocycles. The third-order valence-corrected chi connectivity index (χ3v) is 7.58. The van der Waals surface area contributed by atoms with Crippen LogP contribution in [0.3, 0.4) is 0 Å². The Morgan fingerprint density at radius 2 is 1.71 bits per heavy atom. The van der Waals surface area contributed by atoms with E-state index in [2.05, 4.69) is 83.8 Å². The second kappa shape index (κ2) is 12.0. The largest absolute Gasteiger partial charge is 0.383 e. The average molecular weight is 515 g/mol. The van der Waals surface area contributed by atoms with E-state index in [9.17, 15) is 4.79 Å². The predicted octanol–water partition coefficient (Wildman–Crippen LogP) is 4.44. The van der Waals surface area contributed by atoms with Crippen molar-refractivity contribution in [3.8, 4) is 11.1 Å². The van der Waals surface area contributed by atoms with E-state index in [1.165, 1.54) is 5.56 Å². The molecule has 0 atom stereocenters. The number of carbonyl (C=O) groups excluding carboxylic acids is 1. The van der Waals surface area contributed by atoms with Gasteiger partial charge in [0.05, 0.1) is 0 Å². The van der Waals surface area contributed by atoms with Crippen LogP contribution in [0.4, 0.5) is 11.5 Å². The second-order valence-electron chi connectivity index (χ2n) is 10.8. The minimum absolute atomic E-state index is 0.104. The quantitative estimate of drug-likeness (QED) is 0.412. The van der Waals surface area contributed by atoms with Gasteiger partial charge >= 0.3 is 0 Å². The Hall–Kier alpha value is -3.42. The van der Waals surface area contributed by atoms with Gasteiger partial charge in [0.2, 0.25) is 0 Å². The van der Waals surface area contributed by atoms with Gasteiger partial charge in [-0.1, -0.05) is 24.3 Å². The van der Waals surface area contributed by atoms with E-state index < -0.39 is 0 Å². The van der Waals surface area contributed by atoms with Crippen LogP contribution in [-0.4, -0.2) is 56.1 Å². The van der Waals surface area contributed by atoms with Gasteiger partial charge in [0.15, 0.2) is 0 Å². The molecule has 0 bridgehead atoms. The van der Waals surface area contributed by atoms with Gasteiger partial charge in [-0.15, -0.1) is 0 Å². The topological polar surface area (TPSA) is 86.5 Å². The molecule has 1 saturated heterocycles. The third kappa shape index (κ3) is 6.34. The van der Waals surface area contributed by atoms with Crippen LogP contribution in [0.15, 0.2) is 42.5 Å². The first-order chi connectivity index (χ1) is 18.1. The Morgan fingerprint density at radius 3 is 2.34 bits per heavy atom. The Morgan fingerprint density at radius 1 is 1.03 bits per heavy atom. The smallest absolute Gasteiger partial charge is 0.251 e. The normalized spacial score (nSPS) is 14.1. The first-order valence-electron chi connectivity index (χ1n) is 13.5. The third-order valence-electron chi connectivity index (χ3n) is 7.58. The molecule has 202 valence electrons. The number of nitrogens with zero attached hydrogens (tertiary/aromatic N) is 3. The highest BCUT2D eigenvalue weighted by atomic mass is 16.1. The van der Waals surface area contributed by atoms with Gasteiger partial charge in [0.25, 0.3) is 5.91 Å². The molecule has 1 aromatic heterocycles. The number of nitrogen functional groups attached to an aromatic ring is 1. The van der Waals surface area contributed by atoms with Crippen LogP contribution in [-0.2, 0) is 13.1 Å². The van der Waals surface area contributed by atoms with Crippen LogP contribution >= 0.6 is 0 Å². The van der Waals surface area contributed by atoms with Crippen LogP contribution in [0.1, 0.15) is 51.1 Å². The van der Waals surface area contributed by atoms with Gasteiger partial charge in [-0.25, -0.2) is 4.98 Å². The molecule has 0 radical (unpaired) electrons. The Bertz CT molecular complexity index is 1260. The minimum atomic E-state index is -0.104. The SMILES string of the molecule is Cc1cc(C)c(CNC(=O)c2cc(-c3ccc(CN(C)C)cc3)cc(N(C)C3CCNCC3)c2C)c(N)n1. The van der Waals surface area contributed by atoms with Crippen molar-refractivity contribution in [2.45, 2.75) is 52.7 Å². The molecule has 4 N–H and O–H groups in total. The molecule has 0 unspecified atom stereocenters. The van der Waals surface area contributed by atoms with Crippen molar-refractivity contribution < 1.29 is 4.79 Å². The second-order valence-corrected chi connectivity index (χ2v) is 10.8. The molecule has 0 aliphatic carbocycles. The van der Waals surface area contributed by atoms with Crippen LogP contribution in [0, 0.1) is 20.8 Å². The fourth-order valence-corrected chi connectivity index (χ4v) is 5.41. The van der Waals surface area contributed by atoms with E-state index in [1.807, 2.05) is 26.0 Å². The summed E-state index contributed by atoms with van der Waals surface area (Å²) in [7, 11) is 6.30. The van der Waals surface area contributed by atoms with E-state index in [-0.39, 0.29) is 5.91 Å². The molecular formula is C31H42N6O. The zero-order chi connectivity index (χ0) is 27.4. The van der Waals surface area contributed by atoms with Crippen molar-refractivity contribution >= 4 is 17.4 Å². The zero-order valence-corrected chi connectivity index (χ0v) is 23.7. The van der Waals surface area contributed by atoms with Gasteiger partial charge in [0.1, 0.15) is 5.82 Å². The summed E-state index contributed by atoms with van der Waals surface area (Å²) in [5.41, 5.74) is 15.1. The lowest BCUT2D eigenvalue weighted by molar-refractivity contribution is 0.0950. The van der Waals surface area contributed by atoms with Gasteiger partial charge in [-0.2, -0.15) is 0 Å². The van der Waals surface area contributed by atoms with Crippen LogP contribution in [0.5, 0.6) is 0 Å². The summed E-state index contributed by atoms with van der Waals surface area (Å²) in [4.78, 5) is 22.5. The molecule has 4 rings (SSSR count). The molecule has 1 aliphatic rings. The van der Waals surface area contributed by atoms with Crippen molar-refractivity contribution in [3.05, 3.63) is 76.0 Å². The summed E-state index contributed by atoms with van der Waals surface area (Å²) in [6.07, 6.45) is 2.17. The lowest BCUT2D eigenvalue weighted by Crippen LogP contribution is -2.41. The Kier molecular flexibility index (Phi) is 8.69. The molecule has 3 aromatic rings. The standard InChI is InChI=1S/C31H42N6O/c1-20-15-21(2)35-30(32)28(20)18-34-31(38)27-16-25(24-9-7-23(8-10-24)19-36(4)5)17-29(22(27)3)37(6)26-11-13-33-14-12-26/h7-10,15-17,26,33H,11-14,18-19H2,1-6H3,(H2,32,35)(H,34,38). The molecule has 2 aromatic carbocycles. The van der Waals surface area contributed by atoms with Crippen LogP contribution in [0.25, 0.3) is 11.1 Å². The Labute approximate surface area is 227 Å². The molecule has 1 fully saturated rings. The van der Waals surface area contributed by atoms with Crippen molar-refractivity contribution in [1.82, 2.24) is 20.5 Å². The molecule has 0 saturated carbocycles. The lowest BCUT2D eigenvalue weighted by Gasteiger charge is -2.35. The number of pyridine rings is 1. The maximum absolute atomic E-state index is 13.6. The number of nitrogens with two attached hydrogens (primary N) is 1. The van der Waals surface area contributed by atoms with E-state index in [1.54, 1.807) is 0 Å². The molecule has 1 amide bonds. The first-order valence-corrected chi connectivity index (χ1v) is 13.5. The van der Waals surface area contributed by atoms with Crippen molar-refractivity contribution in [2.24, 2.45) is 0 Å². The van der Waals surface area contributed by atoms with E-state index >= 15 is 0 Å². The van der Waals surface area contributed by atoms with Crippen LogP contribution in [0.2, 0.25) is 0 Å². The number of nitrogens with one attached hydrogen (secondary N) is 2. The van der Waals surface area contributed by atoms with E-state index in [0.29, 0.717) is 24.0 Å². The maximum Gasteiger partial charge on any atom is 0.251 e. The number of aromatic nitrogens is 1. The molecule has 7 heteroatoms. The number of hydrogen-bond acceptors (Lipinski definition) is 6. The molecule has 7 nitrogen and oxygen atoms in total. The molecule has 2 heterocycles. The predicted molar refractivity (Wildman–Crippen MR) is 158 cm³/mol. The summed E-state index contributed by atoms with van der Waals surface area (Å²) in [5, 5.41) is 6.58. The fourth-order valence-electron chi connectivity index (χ4n) is 5.41. The van der Waals surface area contributed by atoms with Gasteiger partial charge in [0, 0.05) is 48.7 Å². The highest BCUT2D eigenvalue weighted by molar-refractivity contribution is 5.99. The highest BCUT2D eigenvalue weighted by Gasteiger charge is 2.23. The summed E-state index contributed by atoms with van der Waals surface area (Å²) < 4.78 is 0. The van der Waals surface area contributed by atoms with Crippen molar-refractivity contribution in [3.63, 3.8) is 0 Å². The number of hydrogen-bond donors (Lipinski definition) is 3. The number of piperidine rings is 1. The number of aryl methyl sites for hydroxylation is 2. The zero-order valence-electron chi connectivity index (χ0n) is 23.7. The van der Waals surface area contributed by atoms with Crippen LogP contribution < -0.4 is 21.3 Å². The van der Waals surface area contributed by atoms with E-state index in [0.717, 1.165) is 71.7 Å². The average Bonchev–Trinajstić information content (AvgIpc) is 2.88. The Balaban J connectivity index is 1.69. The van der Waals surface area contributed by atoms with Gasteiger partial charge in [-0.05, 0) is 107 Å². The minimum Gasteiger partial charge on any atom is -0.383 e. The number of amides is 1. The van der Waals surface area contributed by atoms with Crippen molar-refractivity contribution in [1.29, 1.82) is 0 Å². The summed E-state index contributed by atoms with van der Waals surface area (Å²) in [5.74, 6) is 0.366. The summed E-state index contributed by atoms with van der Waals surface area (Å²) in [6, 6.07) is 15.3. The monoisotopic (exact) mass is 514 g/mol. The highest BCUT2D eigenvalue weighted by Crippen LogP contribution is 2.33. The molecule has 38 heavy (non-hydrogen) atoms. The van der Waals surface area contributed by atoms with Crippen molar-refractivity contribution in [2.75, 3.05) is 44.9 Å². The van der Waals surface area contributed by atoms with E-state index in [4.69, 9.17) is 5.73 Å². The molecule has 0 spiro atoms. The summed E-state index contributed by atoms with van der Waals surface area (Å²) >= 11 is 0. The van der Waals surface area contributed by atoms with Gasteiger partial charge < -0.3 is 26.2 Å².